The van der Waals surface area contributed by atoms with E-state index in [1.807, 2.05) is 0 Å². The van der Waals surface area contributed by atoms with Crippen molar-refractivity contribution in [1.82, 2.24) is 9.97 Å². The number of hydrogen-bond donors (Lipinski definition) is 1. The van der Waals surface area contributed by atoms with Crippen LogP contribution in [0, 0.1) is 0 Å². The van der Waals surface area contributed by atoms with Gasteiger partial charge < -0.3 is 5.32 Å². The summed E-state index contributed by atoms with van der Waals surface area (Å²) in [6.07, 6.45) is -4.72. The fourth-order valence-electron chi connectivity index (χ4n) is 1.36. The van der Waals surface area contributed by atoms with Crippen LogP contribution < -0.4 is 5.32 Å². The first-order chi connectivity index (χ1) is 9.66. The molecule has 1 aromatic heterocycles. The summed E-state index contributed by atoms with van der Waals surface area (Å²) in [5, 5.41) is 2.77. The van der Waals surface area contributed by atoms with Crippen molar-refractivity contribution in [1.29, 1.82) is 0 Å². The lowest BCUT2D eigenvalue weighted by Crippen LogP contribution is -2.12. The van der Waals surface area contributed by atoms with E-state index in [1.165, 1.54) is 12.1 Å². The van der Waals surface area contributed by atoms with Gasteiger partial charge in [-0.2, -0.15) is 13.2 Å². The Hall–Kier alpha value is -0.950. The van der Waals surface area contributed by atoms with Crippen LogP contribution in [-0.2, 0) is 6.18 Å². The first-order valence-electron chi connectivity index (χ1n) is 5.20. The molecule has 21 heavy (non-hydrogen) atoms. The Morgan fingerprint density at radius 1 is 0.857 bits per heavy atom. The van der Waals surface area contributed by atoms with Crippen molar-refractivity contribution in [2.45, 2.75) is 6.18 Å². The number of aromatic nitrogens is 2. The highest BCUT2D eigenvalue weighted by molar-refractivity contribution is 6.44. The monoisotopic (exact) mass is 375 g/mol. The Morgan fingerprint density at radius 3 is 2.10 bits per heavy atom. The average molecular weight is 377 g/mol. The van der Waals surface area contributed by atoms with E-state index in [0.29, 0.717) is 0 Å². The van der Waals surface area contributed by atoms with Gasteiger partial charge in [0, 0.05) is 6.07 Å². The molecule has 112 valence electrons. The first-order valence-corrected chi connectivity index (χ1v) is 6.71. The third-order valence-corrected chi connectivity index (χ3v) is 3.45. The largest absolute Gasteiger partial charge is 0.451 e. The average Bonchev–Trinajstić information content (AvgIpc) is 2.34. The highest BCUT2D eigenvalue weighted by Crippen LogP contribution is 2.34. The molecule has 0 saturated carbocycles. The van der Waals surface area contributed by atoms with Gasteiger partial charge in [-0.25, -0.2) is 9.97 Å². The van der Waals surface area contributed by atoms with Gasteiger partial charge in [0.15, 0.2) is 0 Å². The number of anilines is 2. The molecule has 0 bridgehead atoms. The lowest BCUT2D eigenvalue weighted by atomic mass is 10.3. The van der Waals surface area contributed by atoms with Gasteiger partial charge in [0.25, 0.3) is 0 Å². The molecule has 0 radical (unpaired) electrons. The van der Waals surface area contributed by atoms with Crippen molar-refractivity contribution < 1.29 is 13.2 Å². The normalized spacial score (nSPS) is 11.6. The zero-order chi connectivity index (χ0) is 15.8. The minimum atomic E-state index is -4.72. The van der Waals surface area contributed by atoms with E-state index in [-0.39, 0.29) is 31.7 Å². The number of rotatable bonds is 2. The Labute approximate surface area is 137 Å². The Kier molecular flexibility index (Phi) is 4.72. The maximum atomic E-state index is 12.6. The quantitative estimate of drug-likeness (QED) is 0.527. The first kappa shape index (κ1) is 16.4. The Balaban J connectivity index is 2.40. The molecule has 10 heteroatoms. The fraction of sp³-hybridized carbons (Fsp3) is 0.0909. The predicted octanol–water partition coefficient (Wildman–Crippen LogP) is 5.85. The SMILES string of the molecule is FC(F)(F)c1nc(Cl)cc(Nc2cc(Cl)c(Cl)cc2Cl)n1. The van der Waals surface area contributed by atoms with E-state index >= 15 is 0 Å². The second-order valence-electron chi connectivity index (χ2n) is 3.77. The molecule has 0 atom stereocenters. The van der Waals surface area contributed by atoms with E-state index in [2.05, 4.69) is 15.3 Å². The van der Waals surface area contributed by atoms with E-state index in [9.17, 15) is 13.2 Å². The number of nitrogens with one attached hydrogen (secondary N) is 1. The molecule has 0 aliphatic carbocycles. The van der Waals surface area contributed by atoms with Gasteiger partial charge in [-0.15, -0.1) is 0 Å². The van der Waals surface area contributed by atoms with Crippen molar-refractivity contribution in [3.63, 3.8) is 0 Å². The molecule has 2 aromatic rings. The van der Waals surface area contributed by atoms with Crippen molar-refractivity contribution in [2.24, 2.45) is 0 Å². The second kappa shape index (κ2) is 6.04. The lowest BCUT2D eigenvalue weighted by molar-refractivity contribution is -0.144. The lowest BCUT2D eigenvalue weighted by Gasteiger charge is -2.11. The van der Waals surface area contributed by atoms with Gasteiger partial charge in [-0.1, -0.05) is 46.4 Å². The van der Waals surface area contributed by atoms with E-state index < -0.39 is 12.0 Å². The smallest absolute Gasteiger partial charge is 0.339 e. The zero-order valence-corrected chi connectivity index (χ0v) is 12.8. The molecule has 2 rings (SSSR count). The van der Waals surface area contributed by atoms with Crippen LogP contribution in [0.25, 0.3) is 0 Å². The van der Waals surface area contributed by atoms with Crippen LogP contribution in [0.5, 0.6) is 0 Å². The summed E-state index contributed by atoms with van der Waals surface area (Å²) < 4.78 is 37.8. The number of hydrogen-bond acceptors (Lipinski definition) is 3. The summed E-state index contributed by atoms with van der Waals surface area (Å²) in [5.41, 5.74) is 0.231. The van der Waals surface area contributed by atoms with Gasteiger partial charge in [-0.3, -0.25) is 0 Å². The Bertz CT molecular complexity index is 691. The van der Waals surface area contributed by atoms with Crippen LogP contribution in [0.1, 0.15) is 5.82 Å². The molecule has 0 aliphatic heterocycles. The topological polar surface area (TPSA) is 37.8 Å². The van der Waals surface area contributed by atoms with Crippen LogP contribution in [0.3, 0.4) is 0 Å². The van der Waals surface area contributed by atoms with Gasteiger partial charge in [-0.05, 0) is 12.1 Å². The third-order valence-electron chi connectivity index (χ3n) is 2.22. The molecular formula is C11H4Cl4F3N3. The molecular weight excluding hydrogens is 373 g/mol. The molecule has 0 unspecified atom stereocenters. The van der Waals surface area contributed by atoms with Crippen molar-refractivity contribution in [3.8, 4) is 0 Å². The van der Waals surface area contributed by atoms with Crippen LogP contribution in [-0.4, -0.2) is 9.97 Å². The molecule has 1 aromatic carbocycles. The standard InChI is InChI=1S/C11H4Cl4F3N3/c12-4-1-6(14)7(2-5(4)13)19-9-3-8(15)20-10(21-9)11(16,17)18/h1-3H,(H,19,20,21). The zero-order valence-electron chi connectivity index (χ0n) is 9.77. The van der Waals surface area contributed by atoms with Gasteiger partial charge in [0.05, 0.1) is 20.8 Å². The van der Waals surface area contributed by atoms with Gasteiger partial charge in [0.1, 0.15) is 11.0 Å². The summed E-state index contributed by atoms with van der Waals surface area (Å²) >= 11 is 23.0. The molecule has 1 N–H and O–H groups in total. The molecule has 0 spiro atoms. The van der Waals surface area contributed by atoms with E-state index in [0.717, 1.165) is 6.07 Å². The summed E-state index contributed by atoms with van der Waals surface area (Å²) in [4.78, 5) is 6.44. The predicted molar refractivity (Wildman–Crippen MR) is 76.8 cm³/mol. The van der Waals surface area contributed by atoms with Crippen molar-refractivity contribution >= 4 is 57.9 Å². The van der Waals surface area contributed by atoms with Crippen LogP contribution in [0.4, 0.5) is 24.7 Å². The summed E-state index contributed by atoms with van der Waals surface area (Å²) in [7, 11) is 0. The molecule has 0 aliphatic rings. The number of alkyl halides is 3. The summed E-state index contributed by atoms with van der Waals surface area (Å²) in [6.45, 7) is 0. The number of halogens is 7. The number of benzene rings is 1. The van der Waals surface area contributed by atoms with Crippen LogP contribution in [0.2, 0.25) is 20.2 Å². The summed E-state index contributed by atoms with van der Waals surface area (Å²) in [6, 6.07) is 3.83. The maximum Gasteiger partial charge on any atom is 0.451 e. The van der Waals surface area contributed by atoms with Crippen molar-refractivity contribution in [2.75, 3.05) is 5.32 Å². The highest BCUT2D eigenvalue weighted by Gasteiger charge is 2.35. The minimum Gasteiger partial charge on any atom is -0.339 e. The van der Waals surface area contributed by atoms with Gasteiger partial charge >= 0.3 is 6.18 Å². The molecule has 3 nitrogen and oxygen atoms in total. The van der Waals surface area contributed by atoms with Crippen LogP contribution >= 0.6 is 46.4 Å². The van der Waals surface area contributed by atoms with Crippen LogP contribution in [0.15, 0.2) is 18.2 Å². The minimum absolute atomic E-state index is 0.160. The maximum absolute atomic E-state index is 12.6. The fourth-order valence-corrected chi connectivity index (χ4v) is 2.14. The van der Waals surface area contributed by atoms with Gasteiger partial charge in [0.2, 0.25) is 5.82 Å². The molecule has 1 heterocycles. The molecule has 0 amide bonds. The van der Waals surface area contributed by atoms with Crippen molar-refractivity contribution in [3.05, 3.63) is 44.2 Å². The second-order valence-corrected chi connectivity index (χ2v) is 5.38. The number of nitrogens with zero attached hydrogens (tertiary/aromatic N) is 2. The third kappa shape index (κ3) is 4.03. The van der Waals surface area contributed by atoms with E-state index in [1.54, 1.807) is 0 Å². The molecule has 0 saturated heterocycles. The van der Waals surface area contributed by atoms with E-state index in [4.69, 9.17) is 46.4 Å². The Morgan fingerprint density at radius 2 is 1.48 bits per heavy atom. The highest BCUT2D eigenvalue weighted by atomic mass is 35.5. The summed E-state index contributed by atoms with van der Waals surface area (Å²) in [5.74, 6) is -1.55. The molecule has 0 fully saturated rings.